The average Bonchev–Trinajstić information content (AvgIpc) is 2.38. The van der Waals surface area contributed by atoms with Crippen molar-refractivity contribution in [1.82, 2.24) is 0 Å². The molecule has 0 aliphatic heterocycles. The molecule has 0 saturated carbocycles. The summed E-state index contributed by atoms with van der Waals surface area (Å²) in [5, 5.41) is 0. The van der Waals surface area contributed by atoms with Crippen LogP contribution in [0, 0.1) is 5.82 Å². The molecule has 3 nitrogen and oxygen atoms in total. The molecule has 2 rings (SSSR count). The standard InChI is InChI=1S/C15H17FN2O/c1-18(2)13-4-3-5-14(9-13)19-10-11-6-7-12(16)8-15(11)17/h3-9H,10,17H2,1-2H3. The zero-order valence-electron chi connectivity index (χ0n) is 11.1. The molecule has 0 amide bonds. The van der Waals surface area contributed by atoms with Crippen LogP contribution in [0.15, 0.2) is 42.5 Å². The molecular weight excluding hydrogens is 243 g/mol. The van der Waals surface area contributed by atoms with Gasteiger partial charge in [0.2, 0.25) is 0 Å². The minimum Gasteiger partial charge on any atom is -0.489 e. The van der Waals surface area contributed by atoms with E-state index in [1.807, 2.05) is 43.3 Å². The molecule has 0 aliphatic rings. The van der Waals surface area contributed by atoms with Crippen LogP contribution in [0.1, 0.15) is 5.56 Å². The van der Waals surface area contributed by atoms with E-state index in [0.717, 1.165) is 17.0 Å². The van der Waals surface area contributed by atoms with Gasteiger partial charge in [0.25, 0.3) is 0 Å². The van der Waals surface area contributed by atoms with Crippen molar-refractivity contribution in [2.75, 3.05) is 24.7 Å². The maximum Gasteiger partial charge on any atom is 0.125 e. The Morgan fingerprint density at radius 2 is 1.95 bits per heavy atom. The van der Waals surface area contributed by atoms with Crippen LogP contribution in [0.2, 0.25) is 0 Å². The lowest BCUT2D eigenvalue weighted by Gasteiger charge is -2.14. The van der Waals surface area contributed by atoms with Crippen LogP contribution in [0.3, 0.4) is 0 Å². The van der Waals surface area contributed by atoms with E-state index in [1.54, 1.807) is 6.07 Å². The number of anilines is 2. The van der Waals surface area contributed by atoms with Gasteiger partial charge in [-0.2, -0.15) is 0 Å². The maximum absolute atomic E-state index is 12.9. The molecule has 0 saturated heterocycles. The zero-order valence-corrected chi connectivity index (χ0v) is 11.1. The van der Waals surface area contributed by atoms with E-state index in [0.29, 0.717) is 12.3 Å². The summed E-state index contributed by atoms with van der Waals surface area (Å²) in [5.41, 5.74) is 7.98. The molecule has 4 heteroatoms. The van der Waals surface area contributed by atoms with Crippen LogP contribution >= 0.6 is 0 Å². The van der Waals surface area contributed by atoms with Gasteiger partial charge in [0.1, 0.15) is 18.2 Å². The number of rotatable bonds is 4. The number of nitrogen functional groups attached to an aromatic ring is 1. The number of hydrogen-bond donors (Lipinski definition) is 1. The third-order valence-electron chi connectivity index (χ3n) is 2.84. The molecule has 0 unspecified atom stereocenters. The summed E-state index contributed by atoms with van der Waals surface area (Å²) in [6.45, 7) is 0.322. The molecule has 0 radical (unpaired) electrons. The highest BCUT2D eigenvalue weighted by atomic mass is 19.1. The lowest BCUT2D eigenvalue weighted by atomic mass is 10.2. The third kappa shape index (κ3) is 3.37. The number of hydrogen-bond acceptors (Lipinski definition) is 3. The SMILES string of the molecule is CN(C)c1cccc(OCc2ccc(F)cc2N)c1. The highest BCUT2D eigenvalue weighted by Crippen LogP contribution is 2.21. The minimum atomic E-state index is -0.337. The first kappa shape index (κ1) is 13.2. The van der Waals surface area contributed by atoms with E-state index < -0.39 is 0 Å². The monoisotopic (exact) mass is 260 g/mol. The summed E-state index contributed by atoms with van der Waals surface area (Å²) in [7, 11) is 3.94. The Hall–Kier alpha value is -2.23. The second kappa shape index (κ2) is 5.61. The fraction of sp³-hybridized carbons (Fsp3) is 0.200. The summed E-state index contributed by atoms with van der Waals surface area (Å²) < 4.78 is 18.6. The van der Waals surface area contributed by atoms with E-state index in [4.69, 9.17) is 10.5 Å². The smallest absolute Gasteiger partial charge is 0.125 e. The fourth-order valence-electron chi connectivity index (χ4n) is 1.71. The van der Waals surface area contributed by atoms with Gasteiger partial charge >= 0.3 is 0 Å². The Bertz CT molecular complexity index is 570. The van der Waals surface area contributed by atoms with Crippen molar-refractivity contribution in [3.63, 3.8) is 0 Å². The molecular formula is C15H17FN2O. The summed E-state index contributed by atoms with van der Waals surface area (Å²) in [5.74, 6) is 0.422. The zero-order chi connectivity index (χ0) is 13.8. The van der Waals surface area contributed by atoms with Gasteiger partial charge in [-0.05, 0) is 24.3 Å². The topological polar surface area (TPSA) is 38.5 Å². The first-order valence-electron chi connectivity index (χ1n) is 6.00. The van der Waals surface area contributed by atoms with Gasteiger partial charge in [-0.25, -0.2) is 4.39 Å². The second-order valence-electron chi connectivity index (χ2n) is 4.52. The first-order valence-corrected chi connectivity index (χ1v) is 6.00. The van der Waals surface area contributed by atoms with Crippen molar-refractivity contribution in [3.05, 3.63) is 53.8 Å². The van der Waals surface area contributed by atoms with Crippen molar-refractivity contribution in [3.8, 4) is 5.75 Å². The molecule has 2 aromatic carbocycles. The van der Waals surface area contributed by atoms with E-state index in [2.05, 4.69) is 0 Å². The summed E-state index contributed by atoms with van der Waals surface area (Å²) in [6.07, 6.45) is 0. The maximum atomic E-state index is 12.9. The van der Waals surface area contributed by atoms with E-state index in [-0.39, 0.29) is 5.82 Å². The van der Waals surface area contributed by atoms with Gasteiger partial charge < -0.3 is 15.4 Å². The molecule has 0 aromatic heterocycles. The van der Waals surface area contributed by atoms with E-state index in [9.17, 15) is 4.39 Å². The Balaban J connectivity index is 2.08. The number of benzene rings is 2. The molecule has 0 aliphatic carbocycles. The summed E-state index contributed by atoms with van der Waals surface area (Å²) in [6, 6.07) is 12.1. The fourth-order valence-corrected chi connectivity index (χ4v) is 1.71. The predicted molar refractivity (Wildman–Crippen MR) is 75.9 cm³/mol. The lowest BCUT2D eigenvalue weighted by Crippen LogP contribution is -2.08. The van der Waals surface area contributed by atoms with Crippen LogP contribution in [0.5, 0.6) is 5.75 Å². The van der Waals surface area contributed by atoms with Crippen molar-refractivity contribution in [2.45, 2.75) is 6.61 Å². The van der Waals surface area contributed by atoms with E-state index >= 15 is 0 Å². The van der Waals surface area contributed by atoms with Crippen molar-refractivity contribution in [1.29, 1.82) is 0 Å². The number of ether oxygens (including phenoxy) is 1. The van der Waals surface area contributed by atoms with Crippen LogP contribution in [0.4, 0.5) is 15.8 Å². The number of nitrogens with zero attached hydrogens (tertiary/aromatic N) is 1. The van der Waals surface area contributed by atoms with Crippen molar-refractivity contribution < 1.29 is 9.13 Å². The molecule has 0 spiro atoms. The quantitative estimate of drug-likeness (QED) is 0.859. The highest BCUT2D eigenvalue weighted by Gasteiger charge is 2.03. The van der Waals surface area contributed by atoms with Gasteiger partial charge in [-0.3, -0.25) is 0 Å². The molecule has 0 bridgehead atoms. The lowest BCUT2D eigenvalue weighted by molar-refractivity contribution is 0.307. The Morgan fingerprint density at radius 3 is 2.63 bits per heavy atom. The Morgan fingerprint density at radius 1 is 1.16 bits per heavy atom. The average molecular weight is 260 g/mol. The second-order valence-corrected chi connectivity index (χ2v) is 4.52. The minimum absolute atomic E-state index is 0.322. The molecule has 0 atom stereocenters. The third-order valence-corrected chi connectivity index (χ3v) is 2.84. The Labute approximate surface area is 112 Å². The molecule has 2 aromatic rings. The van der Waals surface area contributed by atoms with Gasteiger partial charge in [0.05, 0.1) is 0 Å². The summed E-state index contributed by atoms with van der Waals surface area (Å²) >= 11 is 0. The van der Waals surface area contributed by atoms with Crippen LogP contribution in [-0.4, -0.2) is 14.1 Å². The van der Waals surface area contributed by atoms with Crippen LogP contribution in [0.25, 0.3) is 0 Å². The number of halogens is 1. The van der Waals surface area contributed by atoms with Gasteiger partial charge in [0.15, 0.2) is 0 Å². The molecule has 2 N–H and O–H groups in total. The highest BCUT2D eigenvalue weighted by molar-refractivity contribution is 5.50. The molecule has 0 heterocycles. The molecule has 0 fully saturated rings. The van der Waals surface area contributed by atoms with Gasteiger partial charge in [-0.1, -0.05) is 12.1 Å². The van der Waals surface area contributed by atoms with Gasteiger partial charge in [0, 0.05) is 37.1 Å². The molecule has 100 valence electrons. The van der Waals surface area contributed by atoms with Crippen molar-refractivity contribution in [2.24, 2.45) is 0 Å². The van der Waals surface area contributed by atoms with Crippen LogP contribution < -0.4 is 15.4 Å². The van der Waals surface area contributed by atoms with E-state index in [1.165, 1.54) is 12.1 Å². The molecule has 19 heavy (non-hydrogen) atoms. The van der Waals surface area contributed by atoms with Gasteiger partial charge in [-0.15, -0.1) is 0 Å². The largest absolute Gasteiger partial charge is 0.489 e. The summed E-state index contributed by atoms with van der Waals surface area (Å²) in [4.78, 5) is 2.00. The first-order chi connectivity index (χ1) is 9.06. The predicted octanol–water partition coefficient (Wildman–Crippen LogP) is 3.05. The van der Waals surface area contributed by atoms with Crippen molar-refractivity contribution >= 4 is 11.4 Å². The number of nitrogens with two attached hydrogens (primary N) is 1. The van der Waals surface area contributed by atoms with Crippen LogP contribution in [-0.2, 0) is 6.61 Å². The normalized spacial score (nSPS) is 10.3. The Kier molecular flexibility index (Phi) is 3.90.